The molecule has 0 aromatic carbocycles. The summed E-state index contributed by atoms with van der Waals surface area (Å²) in [5, 5.41) is 4.06. The Balaban J connectivity index is 1.78. The summed E-state index contributed by atoms with van der Waals surface area (Å²) in [4.78, 5) is 8.95. The molecule has 0 saturated carbocycles. The number of rotatable bonds is 6. The lowest BCUT2D eigenvalue weighted by molar-refractivity contribution is 0.308. The molecule has 0 aliphatic carbocycles. The smallest absolute Gasteiger partial charge is 0.266 e. The van der Waals surface area contributed by atoms with E-state index in [4.69, 9.17) is 10.3 Å². The minimum atomic E-state index is 0.747. The van der Waals surface area contributed by atoms with Crippen molar-refractivity contribution in [3.05, 3.63) is 5.89 Å². The van der Waals surface area contributed by atoms with Crippen molar-refractivity contribution in [1.82, 2.24) is 15.0 Å². The summed E-state index contributed by atoms with van der Waals surface area (Å²) in [5.74, 6) is 1.50. The van der Waals surface area contributed by atoms with Gasteiger partial charge in [0.2, 0.25) is 5.89 Å². The third kappa shape index (κ3) is 3.68. The first kappa shape index (κ1) is 13.3. The molecule has 1 saturated heterocycles. The number of piperazine rings is 1. The van der Waals surface area contributed by atoms with Crippen molar-refractivity contribution in [2.75, 3.05) is 44.7 Å². The van der Waals surface area contributed by atoms with Gasteiger partial charge in [-0.25, -0.2) is 0 Å². The minimum absolute atomic E-state index is 0.747. The SMILES string of the molecule is CN1CCN(c2noc(CCCCCN)n2)CC1. The topological polar surface area (TPSA) is 71.4 Å². The number of unbranched alkanes of at least 4 members (excludes halogenated alkanes) is 2. The van der Waals surface area contributed by atoms with Crippen LogP contribution in [0.4, 0.5) is 5.95 Å². The Kier molecular flexibility index (Phi) is 4.95. The Hall–Kier alpha value is -1.14. The quantitative estimate of drug-likeness (QED) is 0.744. The highest BCUT2D eigenvalue weighted by Gasteiger charge is 2.18. The number of aryl methyl sites for hydroxylation is 1. The average Bonchev–Trinajstić information content (AvgIpc) is 2.84. The lowest BCUT2D eigenvalue weighted by atomic mass is 10.2. The van der Waals surface area contributed by atoms with Gasteiger partial charge in [-0.3, -0.25) is 0 Å². The maximum Gasteiger partial charge on any atom is 0.266 e. The lowest BCUT2D eigenvalue weighted by Gasteiger charge is -2.31. The Morgan fingerprint density at radius 1 is 1.17 bits per heavy atom. The van der Waals surface area contributed by atoms with Crippen molar-refractivity contribution < 1.29 is 4.52 Å². The van der Waals surface area contributed by atoms with Crippen LogP contribution in [0.1, 0.15) is 25.2 Å². The summed E-state index contributed by atoms with van der Waals surface area (Å²) >= 11 is 0. The number of anilines is 1. The van der Waals surface area contributed by atoms with Crippen LogP contribution in [-0.2, 0) is 6.42 Å². The second-order valence-electron chi connectivity index (χ2n) is 4.88. The standard InChI is InChI=1S/C12H23N5O/c1-16-7-9-17(10-8-16)12-14-11(18-15-12)5-3-2-4-6-13/h2-10,13H2,1H3. The van der Waals surface area contributed by atoms with Gasteiger partial charge in [-0.05, 0) is 31.6 Å². The Bertz CT molecular complexity index is 346. The summed E-state index contributed by atoms with van der Waals surface area (Å²) in [6.07, 6.45) is 4.13. The second-order valence-corrected chi connectivity index (χ2v) is 4.88. The Labute approximate surface area is 108 Å². The van der Waals surface area contributed by atoms with E-state index in [1.54, 1.807) is 0 Å². The predicted octanol–water partition coefficient (Wildman–Crippen LogP) is 0.493. The molecule has 2 rings (SSSR count). The van der Waals surface area contributed by atoms with Crippen LogP contribution in [-0.4, -0.2) is 54.8 Å². The van der Waals surface area contributed by atoms with Gasteiger partial charge in [0.25, 0.3) is 5.95 Å². The summed E-state index contributed by atoms with van der Waals surface area (Å²) < 4.78 is 5.28. The summed E-state index contributed by atoms with van der Waals surface area (Å²) in [6.45, 7) is 4.82. The van der Waals surface area contributed by atoms with E-state index in [0.29, 0.717) is 0 Å². The molecular weight excluding hydrogens is 230 g/mol. The van der Waals surface area contributed by atoms with E-state index in [-0.39, 0.29) is 0 Å². The minimum Gasteiger partial charge on any atom is -0.337 e. The number of likely N-dealkylation sites (N-methyl/N-ethyl adjacent to an activating group) is 1. The molecule has 6 nitrogen and oxygen atoms in total. The number of hydrogen-bond donors (Lipinski definition) is 1. The molecule has 1 aromatic heterocycles. The van der Waals surface area contributed by atoms with Gasteiger partial charge < -0.3 is 20.1 Å². The fourth-order valence-electron chi connectivity index (χ4n) is 2.08. The maximum absolute atomic E-state index is 5.46. The van der Waals surface area contributed by atoms with Gasteiger partial charge in [0, 0.05) is 32.6 Å². The fraction of sp³-hybridized carbons (Fsp3) is 0.833. The van der Waals surface area contributed by atoms with Gasteiger partial charge in [-0.2, -0.15) is 4.98 Å². The molecule has 0 bridgehead atoms. The maximum atomic E-state index is 5.46. The highest BCUT2D eigenvalue weighted by molar-refractivity contribution is 5.28. The van der Waals surface area contributed by atoms with Crippen LogP contribution in [0.25, 0.3) is 0 Å². The first-order valence-corrected chi connectivity index (χ1v) is 6.76. The van der Waals surface area contributed by atoms with Crippen molar-refractivity contribution in [3.8, 4) is 0 Å². The molecule has 2 heterocycles. The molecule has 2 N–H and O–H groups in total. The van der Waals surface area contributed by atoms with Crippen LogP contribution in [0.3, 0.4) is 0 Å². The number of nitrogens with zero attached hydrogens (tertiary/aromatic N) is 4. The molecule has 1 aliphatic heterocycles. The van der Waals surface area contributed by atoms with E-state index < -0.39 is 0 Å². The van der Waals surface area contributed by atoms with Gasteiger partial charge in [0.1, 0.15) is 0 Å². The van der Waals surface area contributed by atoms with Crippen molar-refractivity contribution in [1.29, 1.82) is 0 Å². The third-order valence-corrected chi connectivity index (χ3v) is 3.34. The Morgan fingerprint density at radius 3 is 2.67 bits per heavy atom. The van der Waals surface area contributed by atoms with Crippen molar-refractivity contribution in [2.24, 2.45) is 5.73 Å². The van der Waals surface area contributed by atoms with Crippen LogP contribution >= 0.6 is 0 Å². The molecule has 0 spiro atoms. The average molecular weight is 253 g/mol. The van der Waals surface area contributed by atoms with Gasteiger partial charge in [0.05, 0.1) is 0 Å². The zero-order valence-electron chi connectivity index (χ0n) is 11.1. The van der Waals surface area contributed by atoms with Crippen LogP contribution in [0.2, 0.25) is 0 Å². The fourth-order valence-corrected chi connectivity index (χ4v) is 2.08. The molecule has 102 valence electrons. The van der Waals surface area contributed by atoms with Gasteiger partial charge in [-0.15, -0.1) is 0 Å². The highest BCUT2D eigenvalue weighted by atomic mass is 16.5. The van der Waals surface area contributed by atoms with Crippen LogP contribution in [0.15, 0.2) is 4.52 Å². The first-order chi connectivity index (χ1) is 8.79. The molecule has 1 aliphatic rings. The van der Waals surface area contributed by atoms with Crippen molar-refractivity contribution in [3.63, 3.8) is 0 Å². The first-order valence-electron chi connectivity index (χ1n) is 6.76. The van der Waals surface area contributed by atoms with E-state index in [2.05, 4.69) is 27.0 Å². The van der Waals surface area contributed by atoms with E-state index in [9.17, 15) is 0 Å². The zero-order valence-corrected chi connectivity index (χ0v) is 11.1. The molecule has 1 aromatic rings. The molecular formula is C12H23N5O. The van der Waals surface area contributed by atoms with Gasteiger partial charge in [0.15, 0.2) is 0 Å². The molecule has 0 radical (unpaired) electrons. The van der Waals surface area contributed by atoms with Crippen LogP contribution in [0, 0.1) is 0 Å². The van der Waals surface area contributed by atoms with E-state index in [0.717, 1.165) is 70.2 Å². The van der Waals surface area contributed by atoms with E-state index in [1.807, 2.05) is 0 Å². The molecule has 1 fully saturated rings. The molecule has 18 heavy (non-hydrogen) atoms. The van der Waals surface area contributed by atoms with Gasteiger partial charge >= 0.3 is 0 Å². The van der Waals surface area contributed by atoms with E-state index >= 15 is 0 Å². The number of hydrogen-bond acceptors (Lipinski definition) is 6. The van der Waals surface area contributed by atoms with Crippen LogP contribution in [0.5, 0.6) is 0 Å². The second kappa shape index (κ2) is 6.70. The predicted molar refractivity (Wildman–Crippen MR) is 70.6 cm³/mol. The lowest BCUT2D eigenvalue weighted by Crippen LogP contribution is -2.44. The van der Waals surface area contributed by atoms with Crippen molar-refractivity contribution in [2.45, 2.75) is 25.7 Å². The number of aromatic nitrogens is 2. The molecule has 0 unspecified atom stereocenters. The third-order valence-electron chi connectivity index (χ3n) is 3.34. The summed E-state index contributed by atoms with van der Waals surface area (Å²) in [5.41, 5.74) is 5.46. The molecule has 6 heteroatoms. The Morgan fingerprint density at radius 2 is 1.94 bits per heavy atom. The molecule has 0 amide bonds. The number of nitrogens with two attached hydrogens (primary N) is 1. The van der Waals surface area contributed by atoms with Gasteiger partial charge in [-0.1, -0.05) is 6.42 Å². The zero-order chi connectivity index (χ0) is 12.8. The molecule has 0 atom stereocenters. The monoisotopic (exact) mass is 253 g/mol. The largest absolute Gasteiger partial charge is 0.337 e. The normalized spacial score (nSPS) is 17.3. The summed E-state index contributed by atoms with van der Waals surface area (Å²) in [7, 11) is 2.14. The summed E-state index contributed by atoms with van der Waals surface area (Å²) in [6, 6.07) is 0. The highest BCUT2D eigenvalue weighted by Crippen LogP contribution is 2.13. The van der Waals surface area contributed by atoms with Crippen molar-refractivity contribution >= 4 is 5.95 Å². The van der Waals surface area contributed by atoms with Crippen LogP contribution < -0.4 is 10.6 Å². The van der Waals surface area contributed by atoms with E-state index in [1.165, 1.54) is 0 Å².